The molecule has 5 nitrogen and oxygen atoms in total. The molecule has 6 heteroatoms. The zero-order chi connectivity index (χ0) is 31.0. The van der Waals surface area contributed by atoms with Crippen molar-refractivity contribution in [3.05, 3.63) is 133 Å². The van der Waals surface area contributed by atoms with Crippen molar-refractivity contribution in [3.63, 3.8) is 0 Å². The SMILES string of the molecule is CC1(C)OB(c2ccc(-c3nc(-c4cccc(-c5ccccc5)c4)nc(-c4cccc(-c5ccccc5)c4)n3)cc2)OC1(C)C. The van der Waals surface area contributed by atoms with Gasteiger partial charge in [-0.3, -0.25) is 0 Å². The van der Waals surface area contributed by atoms with Crippen LogP contribution in [0.2, 0.25) is 0 Å². The first kappa shape index (κ1) is 28.8. The minimum atomic E-state index is -0.435. The molecule has 2 heterocycles. The Balaban J connectivity index is 1.31. The quantitative estimate of drug-likeness (QED) is 0.183. The van der Waals surface area contributed by atoms with Crippen molar-refractivity contribution >= 4 is 12.6 Å². The summed E-state index contributed by atoms with van der Waals surface area (Å²) in [4.78, 5) is 15.0. The molecule has 0 atom stereocenters. The average Bonchev–Trinajstić information content (AvgIpc) is 3.31. The van der Waals surface area contributed by atoms with E-state index in [0.717, 1.165) is 44.4 Å². The third-order valence-electron chi connectivity index (χ3n) is 8.79. The lowest BCUT2D eigenvalue weighted by atomic mass is 9.79. The molecule has 1 aliphatic heterocycles. The Hall–Kier alpha value is -4.91. The highest BCUT2D eigenvalue weighted by molar-refractivity contribution is 6.62. The zero-order valence-corrected chi connectivity index (χ0v) is 25.9. The molecule has 0 radical (unpaired) electrons. The van der Waals surface area contributed by atoms with E-state index >= 15 is 0 Å². The van der Waals surface area contributed by atoms with E-state index in [2.05, 4.69) is 100 Å². The van der Waals surface area contributed by atoms with Crippen LogP contribution in [0.4, 0.5) is 0 Å². The molecule has 0 bridgehead atoms. The van der Waals surface area contributed by atoms with E-state index in [1.165, 1.54) is 0 Å². The third-order valence-corrected chi connectivity index (χ3v) is 8.79. The van der Waals surface area contributed by atoms with Crippen LogP contribution in [0.15, 0.2) is 133 Å². The lowest BCUT2D eigenvalue weighted by molar-refractivity contribution is 0.00578. The maximum atomic E-state index is 6.28. The van der Waals surface area contributed by atoms with E-state index in [1.54, 1.807) is 0 Å². The molecule has 1 aliphatic rings. The highest BCUT2D eigenvalue weighted by Gasteiger charge is 2.51. The molecule has 0 N–H and O–H groups in total. The highest BCUT2D eigenvalue weighted by atomic mass is 16.7. The van der Waals surface area contributed by atoms with Crippen molar-refractivity contribution in [1.29, 1.82) is 0 Å². The largest absolute Gasteiger partial charge is 0.494 e. The van der Waals surface area contributed by atoms with Gasteiger partial charge in [0, 0.05) is 16.7 Å². The van der Waals surface area contributed by atoms with Gasteiger partial charge in [-0.1, -0.05) is 121 Å². The molecule has 6 aromatic rings. The molecule has 0 unspecified atom stereocenters. The number of hydrogen-bond acceptors (Lipinski definition) is 5. The van der Waals surface area contributed by atoms with Gasteiger partial charge < -0.3 is 9.31 Å². The van der Waals surface area contributed by atoms with Crippen molar-refractivity contribution in [2.75, 3.05) is 0 Å². The van der Waals surface area contributed by atoms with Crippen LogP contribution in [0, 0.1) is 0 Å². The normalized spacial score (nSPS) is 15.2. The van der Waals surface area contributed by atoms with Gasteiger partial charge in [-0.25, -0.2) is 15.0 Å². The maximum absolute atomic E-state index is 6.28. The molecule has 0 aliphatic carbocycles. The Bertz CT molecular complexity index is 1840. The summed E-state index contributed by atoms with van der Waals surface area (Å²) in [6.07, 6.45) is 0. The molecule has 0 amide bonds. The van der Waals surface area contributed by atoms with Crippen molar-refractivity contribution in [3.8, 4) is 56.4 Å². The van der Waals surface area contributed by atoms with Crippen LogP contribution in [0.3, 0.4) is 0 Å². The molecule has 1 fully saturated rings. The summed E-state index contributed by atoms with van der Waals surface area (Å²) in [5.74, 6) is 1.84. The second-order valence-electron chi connectivity index (χ2n) is 12.4. The average molecular weight is 588 g/mol. The van der Waals surface area contributed by atoms with Gasteiger partial charge in [0.15, 0.2) is 17.5 Å². The number of nitrogens with zero attached hydrogens (tertiary/aromatic N) is 3. The van der Waals surface area contributed by atoms with Crippen molar-refractivity contribution < 1.29 is 9.31 Å². The summed E-state index contributed by atoms with van der Waals surface area (Å²) in [5.41, 5.74) is 7.38. The molecular formula is C39H34BN3O2. The smallest absolute Gasteiger partial charge is 0.399 e. The van der Waals surface area contributed by atoms with Gasteiger partial charge in [-0.2, -0.15) is 0 Å². The van der Waals surface area contributed by atoms with Gasteiger partial charge in [0.1, 0.15) is 0 Å². The molecule has 5 aromatic carbocycles. The van der Waals surface area contributed by atoms with Gasteiger partial charge in [0.05, 0.1) is 11.2 Å². The summed E-state index contributed by atoms with van der Waals surface area (Å²) < 4.78 is 12.6. The maximum Gasteiger partial charge on any atom is 0.494 e. The van der Waals surface area contributed by atoms with Gasteiger partial charge in [-0.05, 0) is 67.5 Å². The van der Waals surface area contributed by atoms with E-state index in [9.17, 15) is 0 Å². The van der Waals surface area contributed by atoms with E-state index in [1.807, 2.05) is 60.7 Å². The van der Waals surface area contributed by atoms with Crippen LogP contribution >= 0.6 is 0 Å². The fraction of sp³-hybridized carbons (Fsp3) is 0.154. The number of hydrogen-bond donors (Lipinski definition) is 0. The van der Waals surface area contributed by atoms with E-state index in [-0.39, 0.29) is 0 Å². The molecule has 45 heavy (non-hydrogen) atoms. The predicted octanol–water partition coefficient (Wildman–Crippen LogP) is 8.51. The highest BCUT2D eigenvalue weighted by Crippen LogP contribution is 2.37. The van der Waals surface area contributed by atoms with Crippen molar-refractivity contribution in [2.24, 2.45) is 0 Å². The Labute approximate surface area is 265 Å². The van der Waals surface area contributed by atoms with Crippen LogP contribution < -0.4 is 5.46 Å². The monoisotopic (exact) mass is 587 g/mol. The second kappa shape index (κ2) is 11.5. The molecule has 1 aromatic heterocycles. The van der Waals surface area contributed by atoms with Gasteiger partial charge >= 0.3 is 7.12 Å². The third kappa shape index (κ3) is 5.83. The Kier molecular flexibility index (Phi) is 7.40. The van der Waals surface area contributed by atoms with Gasteiger partial charge in [0.25, 0.3) is 0 Å². The van der Waals surface area contributed by atoms with Crippen molar-refractivity contribution in [1.82, 2.24) is 15.0 Å². The molecule has 1 saturated heterocycles. The molecule has 7 rings (SSSR count). The van der Waals surface area contributed by atoms with Crippen LogP contribution in [-0.4, -0.2) is 33.3 Å². The molecule has 0 saturated carbocycles. The number of rotatable bonds is 6. The molecule has 220 valence electrons. The number of benzene rings is 5. The first-order valence-corrected chi connectivity index (χ1v) is 15.3. The first-order valence-electron chi connectivity index (χ1n) is 15.3. The standard InChI is InChI=1S/C39H34BN3O2/c1-38(2)39(3,4)45-40(44-38)34-23-21-29(22-24-34)35-41-36(32-19-11-17-30(25-32)27-13-7-5-8-14-27)43-37(42-35)33-20-12-18-31(26-33)28-15-9-6-10-16-28/h5-26H,1-4H3. The number of aromatic nitrogens is 3. The Morgan fingerprint density at radius 1 is 0.400 bits per heavy atom. The summed E-state index contributed by atoms with van der Waals surface area (Å²) in [5, 5.41) is 0. The van der Waals surface area contributed by atoms with E-state index in [0.29, 0.717) is 17.5 Å². The summed E-state index contributed by atoms with van der Waals surface area (Å²) >= 11 is 0. The lowest BCUT2D eigenvalue weighted by Crippen LogP contribution is -2.41. The summed E-state index contributed by atoms with van der Waals surface area (Å²) in [7, 11) is -0.435. The van der Waals surface area contributed by atoms with Gasteiger partial charge in [-0.15, -0.1) is 0 Å². The molecular weight excluding hydrogens is 553 g/mol. The van der Waals surface area contributed by atoms with Crippen LogP contribution in [-0.2, 0) is 9.31 Å². The Morgan fingerprint density at radius 3 is 1.22 bits per heavy atom. The summed E-state index contributed by atoms with van der Waals surface area (Å²) in [6.45, 7) is 8.26. The fourth-order valence-corrected chi connectivity index (χ4v) is 5.47. The van der Waals surface area contributed by atoms with E-state index in [4.69, 9.17) is 24.3 Å². The lowest BCUT2D eigenvalue weighted by Gasteiger charge is -2.32. The predicted molar refractivity (Wildman–Crippen MR) is 183 cm³/mol. The molecule has 0 spiro atoms. The van der Waals surface area contributed by atoms with E-state index < -0.39 is 18.3 Å². The minimum absolute atomic E-state index is 0.406. The summed E-state index contributed by atoms with van der Waals surface area (Å²) in [6, 6.07) is 45.5. The minimum Gasteiger partial charge on any atom is -0.399 e. The fourth-order valence-electron chi connectivity index (χ4n) is 5.47. The van der Waals surface area contributed by atoms with Crippen LogP contribution in [0.25, 0.3) is 56.4 Å². The van der Waals surface area contributed by atoms with Crippen LogP contribution in [0.1, 0.15) is 27.7 Å². The first-order chi connectivity index (χ1) is 21.8. The zero-order valence-electron chi connectivity index (χ0n) is 25.9. The van der Waals surface area contributed by atoms with Gasteiger partial charge in [0.2, 0.25) is 0 Å². The second-order valence-corrected chi connectivity index (χ2v) is 12.4. The van der Waals surface area contributed by atoms with Crippen molar-refractivity contribution in [2.45, 2.75) is 38.9 Å². The van der Waals surface area contributed by atoms with Crippen LogP contribution in [0.5, 0.6) is 0 Å². The Morgan fingerprint density at radius 2 is 0.778 bits per heavy atom. The topological polar surface area (TPSA) is 57.1 Å².